The number of ether oxygens (including phenoxy) is 1. The van der Waals surface area contributed by atoms with Gasteiger partial charge in [-0.05, 0) is 12.1 Å². The van der Waals surface area contributed by atoms with Gasteiger partial charge in [0.05, 0.1) is 12.7 Å². The molecule has 0 aliphatic heterocycles. The summed E-state index contributed by atoms with van der Waals surface area (Å²) in [5.74, 6) is -1.36. The van der Waals surface area contributed by atoms with Crippen molar-refractivity contribution in [2.45, 2.75) is 0 Å². The molecule has 1 rings (SSSR count). The molecule has 0 aromatic carbocycles. The Kier molecular flexibility index (Phi) is 2.60. The number of carbonyl (C=O) groups excluding carboxylic acids is 1. The molecule has 0 spiro atoms. The molecular weight excluding hydrogens is 185 g/mol. The van der Waals surface area contributed by atoms with Crippen LogP contribution in [0.2, 0.25) is 5.15 Å². The van der Waals surface area contributed by atoms with Crippen LogP contribution in [0.4, 0.5) is 4.39 Å². The number of hydrogen-bond donors (Lipinski definition) is 0. The second kappa shape index (κ2) is 3.49. The van der Waals surface area contributed by atoms with Gasteiger partial charge in [-0.2, -0.15) is 4.39 Å². The van der Waals surface area contributed by atoms with Crippen LogP contribution in [0.15, 0.2) is 12.1 Å². The molecule has 0 bridgehead atoms. The lowest BCUT2D eigenvalue weighted by molar-refractivity contribution is 0.0600. The van der Waals surface area contributed by atoms with Crippen molar-refractivity contribution in [2.24, 2.45) is 0 Å². The van der Waals surface area contributed by atoms with Crippen molar-refractivity contribution in [3.05, 3.63) is 28.8 Å². The van der Waals surface area contributed by atoms with Crippen molar-refractivity contribution in [3.63, 3.8) is 0 Å². The van der Waals surface area contributed by atoms with Gasteiger partial charge in [0.25, 0.3) is 0 Å². The second-order valence-electron chi connectivity index (χ2n) is 1.96. The normalized spacial score (nSPS) is 9.58. The second-order valence-corrected chi connectivity index (χ2v) is 2.32. The Bertz CT molecular complexity index is 316. The number of pyridine rings is 1. The SMILES string of the molecule is COC(=O)c1ccc(F)nc1Cl. The lowest BCUT2D eigenvalue weighted by atomic mass is 10.3. The quantitative estimate of drug-likeness (QED) is 0.498. The van der Waals surface area contributed by atoms with E-state index < -0.39 is 11.9 Å². The average molecular weight is 190 g/mol. The zero-order chi connectivity index (χ0) is 9.14. The van der Waals surface area contributed by atoms with Crippen LogP contribution in [0.5, 0.6) is 0 Å². The van der Waals surface area contributed by atoms with Gasteiger partial charge in [-0.1, -0.05) is 11.6 Å². The van der Waals surface area contributed by atoms with Crippen LogP contribution in [-0.2, 0) is 4.74 Å². The molecule has 0 aliphatic carbocycles. The zero-order valence-electron chi connectivity index (χ0n) is 6.17. The first-order valence-electron chi connectivity index (χ1n) is 3.05. The average Bonchev–Trinajstić information content (AvgIpc) is 2.03. The Balaban J connectivity index is 3.09. The fourth-order valence-corrected chi connectivity index (χ4v) is 0.895. The van der Waals surface area contributed by atoms with Gasteiger partial charge < -0.3 is 4.74 Å². The third-order valence-corrected chi connectivity index (χ3v) is 1.51. The van der Waals surface area contributed by atoms with Crippen molar-refractivity contribution in [3.8, 4) is 0 Å². The molecule has 64 valence electrons. The monoisotopic (exact) mass is 189 g/mol. The molecule has 1 heterocycles. The smallest absolute Gasteiger partial charge is 0.341 e. The summed E-state index contributed by atoms with van der Waals surface area (Å²) < 4.78 is 16.7. The predicted molar refractivity (Wildman–Crippen MR) is 40.5 cm³/mol. The van der Waals surface area contributed by atoms with E-state index in [-0.39, 0.29) is 10.7 Å². The number of hydrogen-bond acceptors (Lipinski definition) is 3. The summed E-state index contributed by atoms with van der Waals surface area (Å²) in [6.45, 7) is 0. The molecule has 12 heavy (non-hydrogen) atoms. The summed E-state index contributed by atoms with van der Waals surface area (Å²) in [6, 6.07) is 2.26. The molecule has 3 nitrogen and oxygen atoms in total. The summed E-state index contributed by atoms with van der Waals surface area (Å²) in [7, 11) is 1.21. The van der Waals surface area contributed by atoms with Crippen LogP contribution < -0.4 is 0 Å². The van der Waals surface area contributed by atoms with Crippen LogP contribution >= 0.6 is 11.6 Å². The highest BCUT2D eigenvalue weighted by Gasteiger charge is 2.11. The number of esters is 1. The molecule has 0 saturated carbocycles. The molecular formula is C7H5ClFNO2. The molecule has 1 aromatic rings. The first kappa shape index (κ1) is 8.93. The predicted octanol–water partition coefficient (Wildman–Crippen LogP) is 1.66. The highest BCUT2D eigenvalue weighted by Crippen LogP contribution is 2.13. The summed E-state index contributed by atoms with van der Waals surface area (Å²) >= 11 is 5.45. The van der Waals surface area contributed by atoms with E-state index in [0.29, 0.717) is 0 Å². The van der Waals surface area contributed by atoms with E-state index in [0.717, 1.165) is 6.07 Å². The lowest BCUT2D eigenvalue weighted by Gasteiger charge is -1.99. The maximum absolute atomic E-state index is 12.4. The third kappa shape index (κ3) is 1.71. The number of carbonyl (C=O) groups is 1. The van der Waals surface area contributed by atoms with Crippen LogP contribution in [0.1, 0.15) is 10.4 Å². The van der Waals surface area contributed by atoms with E-state index >= 15 is 0 Å². The van der Waals surface area contributed by atoms with E-state index in [1.165, 1.54) is 13.2 Å². The van der Waals surface area contributed by atoms with Crippen molar-refractivity contribution in [1.82, 2.24) is 4.98 Å². The van der Waals surface area contributed by atoms with Gasteiger partial charge in [0.1, 0.15) is 5.15 Å². The first-order valence-corrected chi connectivity index (χ1v) is 3.43. The Morgan fingerprint density at radius 1 is 1.67 bits per heavy atom. The van der Waals surface area contributed by atoms with Gasteiger partial charge >= 0.3 is 5.97 Å². The van der Waals surface area contributed by atoms with Crippen LogP contribution in [0, 0.1) is 5.95 Å². The Hall–Kier alpha value is -1.16. The van der Waals surface area contributed by atoms with Gasteiger partial charge in [-0.25, -0.2) is 9.78 Å². The van der Waals surface area contributed by atoms with Gasteiger partial charge in [0, 0.05) is 0 Å². The minimum absolute atomic E-state index is 0.0561. The molecule has 0 N–H and O–H groups in total. The molecule has 0 fully saturated rings. The molecule has 0 aliphatic rings. The minimum Gasteiger partial charge on any atom is -0.465 e. The van der Waals surface area contributed by atoms with Crippen LogP contribution in [-0.4, -0.2) is 18.1 Å². The maximum atomic E-state index is 12.4. The minimum atomic E-state index is -0.729. The largest absolute Gasteiger partial charge is 0.465 e. The van der Waals surface area contributed by atoms with E-state index in [2.05, 4.69) is 9.72 Å². The first-order chi connectivity index (χ1) is 5.65. The highest BCUT2D eigenvalue weighted by molar-refractivity contribution is 6.32. The van der Waals surface area contributed by atoms with Gasteiger partial charge in [-0.15, -0.1) is 0 Å². The fourth-order valence-electron chi connectivity index (χ4n) is 0.674. The summed E-state index contributed by atoms with van der Waals surface area (Å²) in [6.07, 6.45) is 0. The molecule has 0 radical (unpaired) electrons. The van der Waals surface area contributed by atoms with Gasteiger partial charge in [0.15, 0.2) is 0 Å². The molecule has 0 unspecified atom stereocenters. The summed E-state index contributed by atoms with van der Waals surface area (Å²) in [5, 5.41) is -0.193. The number of halogens is 2. The Morgan fingerprint density at radius 2 is 2.33 bits per heavy atom. The third-order valence-electron chi connectivity index (χ3n) is 1.22. The van der Waals surface area contributed by atoms with Crippen molar-refractivity contribution >= 4 is 17.6 Å². The van der Waals surface area contributed by atoms with E-state index in [9.17, 15) is 9.18 Å². The van der Waals surface area contributed by atoms with Crippen molar-refractivity contribution in [1.29, 1.82) is 0 Å². The Morgan fingerprint density at radius 3 is 2.83 bits per heavy atom. The van der Waals surface area contributed by atoms with Crippen molar-refractivity contribution in [2.75, 3.05) is 7.11 Å². The number of methoxy groups -OCH3 is 1. The van der Waals surface area contributed by atoms with Gasteiger partial charge in [-0.3, -0.25) is 0 Å². The highest BCUT2D eigenvalue weighted by atomic mass is 35.5. The number of rotatable bonds is 1. The van der Waals surface area contributed by atoms with Crippen molar-refractivity contribution < 1.29 is 13.9 Å². The molecule has 0 amide bonds. The van der Waals surface area contributed by atoms with Crippen LogP contribution in [0.25, 0.3) is 0 Å². The topological polar surface area (TPSA) is 39.2 Å². The van der Waals surface area contributed by atoms with E-state index in [1.54, 1.807) is 0 Å². The summed E-state index contributed by atoms with van der Waals surface area (Å²) in [4.78, 5) is 14.1. The maximum Gasteiger partial charge on any atom is 0.341 e. The molecule has 0 saturated heterocycles. The number of aromatic nitrogens is 1. The molecule has 0 atom stereocenters. The van der Waals surface area contributed by atoms with E-state index in [1.807, 2.05) is 0 Å². The standard InChI is InChI=1S/C7H5ClFNO2/c1-12-7(11)4-2-3-5(9)10-6(4)8/h2-3H,1H3. The lowest BCUT2D eigenvalue weighted by Crippen LogP contribution is -2.03. The van der Waals surface area contributed by atoms with Gasteiger partial charge in [0.2, 0.25) is 5.95 Å². The molecule has 5 heteroatoms. The van der Waals surface area contributed by atoms with Crippen LogP contribution in [0.3, 0.4) is 0 Å². The molecule has 1 aromatic heterocycles. The number of nitrogens with zero attached hydrogens (tertiary/aromatic N) is 1. The summed E-state index contributed by atoms with van der Waals surface area (Å²) in [5.41, 5.74) is 0.0561. The zero-order valence-corrected chi connectivity index (χ0v) is 6.93. The fraction of sp³-hybridized carbons (Fsp3) is 0.143. The van der Waals surface area contributed by atoms with E-state index in [4.69, 9.17) is 11.6 Å². The Labute approximate surface area is 73.1 Å².